The SMILES string of the molecule is C=C(/C=C/c1ccc(C#N)cc1)OC. The Balaban J connectivity index is 2.74. The summed E-state index contributed by atoms with van der Waals surface area (Å²) in [6.07, 6.45) is 3.66. The Hall–Kier alpha value is -2.01. The number of ether oxygens (including phenoxy) is 1. The molecule has 2 nitrogen and oxygen atoms in total. The number of nitrogens with zero attached hydrogens (tertiary/aromatic N) is 1. The molecular weight excluding hydrogens is 174 g/mol. The summed E-state index contributed by atoms with van der Waals surface area (Å²) >= 11 is 0. The van der Waals surface area contributed by atoms with E-state index in [0.717, 1.165) is 5.56 Å². The first-order valence-electron chi connectivity index (χ1n) is 4.17. The van der Waals surface area contributed by atoms with Crippen LogP contribution in [0.25, 0.3) is 6.08 Å². The molecule has 0 spiro atoms. The van der Waals surface area contributed by atoms with Crippen LogP contribution < -0.4 is 0 Å². The monoisotopic (exact) mass is 185 g/mol. The van der Waals surface area contributed by atoms with Crippen LogP contribution in [0.2, 0.25) is 0 Å². The average molecular weight is 185 g/mol. The Morgan fingerprint density at radius 2 is 2.07 bits per heavy atom. The van der Waals surface area contributed by atoms with Gasteiger partial charge in [-0.05, 0) is 23.8 Å². The van der Waals surface area contributed by atoms with Crippen LogP contribution in [0.1, 0.15) is 11.1 Å². The van der Waals surface area contributed by atoms with Gasteiger partial charge in [0.2, 0.25) is 0 Å². The lowest BCUT2D eigenvalue weighted by atomic mass is 10.1. The maximum Gasteiger partial charge on any atom is 0.111 e. The first-order chi connectivity index (χ1) is 6.76. The third-order valence-corrected chi connectivity index (χ3v) is 1.76. The van der Waals surface area contributed by atoms with Gasteiger partial charge >= 0.3 is 0 Å². The van der Waals surface area contributed by atoms with Crippen LogP contribution in [-0.2, 0) is 4.74 Å². The van der Waals surface area contributed by atoms with Gasteiger partial charge in [-0.15, -0.1) is 0 Å². The van der Waals surface area contributed by atoms with Crippen LogP contribution in [0.5, 0.6) is 0 Å². The van der Waals surface area contributed by atoms with Gasteiger partial charge < -0.3 is 4.74 Å². The molecule has 70 valence electrons. The molecule has 0 aromatic heterocycles. The van der Waals surface area contributed by atoms with Crippen molar-refractivity contribution in [3.8, 4) is 6.07 Å². The van der Waals surface area contributed by atoms with Crippen molar-refractivity contribution in [1.82, 2.24) is 0 Å². The topological polar surface area (TPSA) is 33.0 Å². The highest BCUT2D eigenvalue weighted by Crippen LogP contribution is 2.06. The molecule has 0 atom stereocenters. The minimum absolute atomic E-state index is 0.606. The standard InChI is InChI=1S/C12H11NO/c1-10(14-2)3-4-11-5-7-12(9-13)8-6-11/h3-8H,1H2,2H3/b4-3+. The van der Waals surface area contributed by atoms with E-state index < -0.39 is 0 Å². The van der Waals surface area contributed by atoms with Gasteiger partial charge in [0.1, 0.15) is 5.76 Å². The second kappa shape index (κ2) is 4.88. The molecule has 0 amide bonds. The van der Waals surface area contributed by atoms with Crippen LogP contribution in [0, 0.1) is 11.3 Å². The molecule has 0 aliphatic heterocycles. The first kappa shape index (κ1) is 10.1. The minimum Gasteiger partial charge on any atom is -0.497 e. The van der Waals surface area contributed by atoms with Crippen molar-refractivity contribution < 1.29 is 4.74 Å². The van der Waals surface area contributed by atoms with Crippen LogP contribution in [0.4, 0.5) is 0 Å². The lowest BCUT2D eigenvalue weighted by Gasteiger charge is -1.96. The Labute approximate surface area is 83.7 Å². The van der Waals surface area contributed by atoms with Gasteiger partial charge in [0.25, 0.3) is 0 Å². The number of nitriles is 1. The van der Waals surface area contributed by atoms with Crippen molar-refractivity contribution in [3.63, 3.8) is 0 Å². The molecule has 0 N–H and O–H groups in total. The highest BCUT2D eigenvalue weighted by atomic mass is 16.5. The molecular formula is C12H11NO. The minimum atomic E-state index is 0.606. The van der Waals surface area contributed by atoms with Gasteiger partial charge in [-0.25, -0.2) is 0 Å². The third kappa shape index (κ3) is 2.80. The number of benzene rings is 1. The highest BCUT2D eigenvalue weighted by molar-refractivity contribution is 5.53. The number of hydrogen-bond donors (Lipinski definition) is 0. The molecule has 0 unspecified atom stereocenters. The van der Waals surface area contributed by atoms with Crippen LogP contribution >= 0.6 is 0 Å². The smallest absolute Gasteiger partial charge is 0.111 e. The summed E-state index contributed by atoms with van der Waals surface area (Å²) in [6, 6.07) is 9.36. The molecule has 14 heavy (non-hydrogen) atoms. The van der Waals surface area contributed by atoms with E-state index in [9.17, 15) is 0 Å². The van der Waals surface area contributed by atoms with Gasteiger partial charge in [0, 0.05) is 0 Å². The quantitative estimate of drug-likeness (QED) is 0.535. The lowest BCUT2D eigenvalue weighted by Crippen LogP contribution is -1.78. The zero-order valence-corrected chi connectivity index (χ0v) is 8.03. The predicted molar refractivity (Wildman–Crippen MR) is 56.3 cm³/mol. The number of hydrogen-bond acceptors (Lipinski definition) is 2. The lowest BCUT2D eigenvalue weighted by molar-refractivity contribution is 0.309. The number of allylic oxidation sites excluding steroid dienone is 1. The van der Waals surface area contributed by atoms with Crippen LogP contribution in [0.3, 0.4) is 0 Å². The fourth-order valence-corrected chi connectivity index (χ4v) is 0.926. The van der Waals surface area contributed by atoms with Gasteiger partial charge in [0.15, 0.2) is 0 Å². The molecule has 0 aliphatic rings. The van der Waals surface area contributed by atoms with Crippen LogP contribution in [-0.4, -0.2) is 7.11 Å². The molecule has 0 saturated carbocycles. The maximum atomic E-state index is 8.58. The molecule has 1 aromatic rings. The fraction of sp³-hybridized carbons (Fsp3) is 0.0833. The molecule has 0 fully saturated rings. The Bertz CT molecular complexity index is 382. The maximum absolute atomic E-state index is 8.58. The van der Waals surface area contributed by atoms with E-state index in [2.05, 4.69) is 12.6 Å². The van der Waals surface area contributed by atoms with Crippen molar-refractivity contribution in [3.05, 3.63) is 53.8 Å². The molecule has 2 heteroatoms. The van der Waals surface area contributed by atoms with E-state index in [1.807, 2.05) is 18.2 Å². The van der Waals surface area contributed by atoms with Crippen molar-refractivity contribution in [2.75, 3.05) is 7.11 Å². The van der Waals surface area contributed by atoms with E-state index in [0.29, 0.717) is 11.3 Å². The first-order valence-corrected chi connectivity index (χ1v) is 4.17. The normalized spacial score (nSPS) is 9.71. The third-order valence-electron chi connectivity index (χ3n) is 1.76. The summed E-state index contributed by atoms with van der Waals surface area (Å²) in [6.45, 7) is 3.66. The molecule has 0 radical (unpaired) electrons. The molecule has 0 aliphatic carbocycles. The highest BCUT2D eigenvalue weighted by Gasteiger charge is 1.89. The van der Waals surface area contributed by atoms with Crippen molar-refractivity contribution in [2.45, 2.75) is 0 Å². The summed E-state index contributed by atoms with van der Waals surface area (Å²) in [4.78, 5) is 0. The number of methoxy groups -OCH3 is 1. The van der Waals surface area contributed by atoms with E-state index in [-0.39, 0.29) is 0 Å². The molecule has 0 bridgehead atoms. The summed E-state index contributed by atoms with van der Waals surface area (Å²) in [5.41, 5.74) is 1.68. The Morgan fingerprint density at radius 3 is 2.57 bits per heavy atom. The van der Waals surface area contributed by atoms with Crippen molar-refractivity contribution in [1.29, 1.82) is 5.26 Å². The zero-order chi connectivity index (χ0) is 10.4. The largest absolute Gasteiger partial charge is 0.497 e. The second-order valence-corrected chi connectivity index (χ2v) is 2.74. The zero-order valence-electron chi connectivity index (χ0n) is 8.03. The van der Waals surface area contributed by atoms with Gasteiger partial charge in [0.05, 0.1) is 18.7 Å². The summed E-state index contributed by atoms with van der Waals surface area (Å²) in [5, 5.41) is 8.58. The van der Waals surface area contributed by atoms with Gasteiger partial charge in [-0.1, -0.05) is 24.8 Å². The molecule has 1 aromatic carbocycles. The van der Waals surface area contributed by atoms with E-state index in [1.165, 1.54) is 0 Å². The average Bonchev–Trinajstić information content (AvgIpc) is 2.26. The molecule has 0 heterocycles. The van der Waals surface area contributed by atoms with E-state index in [1.54, 1.807) is 25.3 Å². The summed E-state index contributed by atoms with van der Waals surface area (Å²) in [5.74, 6) is 0.606. The number of rotatable bonds is 3. The fourth-order valence-electron chi connectivity index (χ4n) is 0.926. The summed E-state index contributed by atoms with van der Waals surface area (Å²) < 4.78 is 4.88. The van der Waals surface area contributed by atoms with E-state index >= 15 is 0 Å². The van der Waals surface area contributed by atoms with Crippen molar-refractivity contribution in [2.24, 2.45) is 0 Å². The van der Waals surface area contributed by atoms with E-state index in [4.69, 9.17) is 10.00 Å². The van der Waals surface area contributed by atoms with Gasteiger partial charge in [-0.2, -0.15) is 5.26 Å². The Kier molecular flexibility index (Phi) is 3.51. The second-order valence-electron chi connectivity index (χ2n) is 2.74. The Morgan fingerprint density at radius 1 is 1.43 bits per heavy atom. The molecule has 0 saturated heterocycles. The van der Waals surface area contributed by atoms with Gasteiger partial charge in [-0.3, -0.25) is 0 Å². The summed E-state index contributed by atoms with van der Waals surface area (Å²) in [7, 11) is 1.57. The van der Waals surface area contributed by atoms with Crippen molar-refractivity contribution >= 4 is 6.08 Å². The molecule has 1 rings (SSSR count). The van der Waals surface area contributed by atoms with Crippen LogP contribution in [0.15, 0.2) is 42.7 Å². The predicted octanol–water partition coefficient (Wildman–Crippen LogP) is 2.73.